The fraction of sp³-hybridized carbons (Fsp3) is 0.625. The third kappa shape index (κ3) is 6.83. The molecule has 1 aromatic rings. The second-order valence-corrected chi connectivity index (χ2v) is 9.07. The topological polar surface area (TPSA) is 85.4 Å². The van der Waals surface area contributed by atoms with Gasteiger partial charge >= 0.3 is 5.97 Å². The van der Waals surface area contributed by atoms with Crippen LogP contribution in [0.2, 0.25) is 0 Å². The van der Waals surface area contributed by atoms with Crippen LogP contribution < -0.4 is 5.32 Å². The Morgan fingerprint density at radius 3 is 2.21 bits per heavy atom. The Morgan fingerprint density at radius 2 is 1.45 bits per heavy atom. The molecule has 0 aromatic heterocycles. The van der Waals surface area contributed by atoms with Crippen LogP contribution in [0.15, 0.2) is 24.3 Å². The minimum Gasteiger partial charge on any atom is -0.325 e. The summed E-state index contributed by atoms with van der Waals surface area (Å²) >= 11 is 0. The largest absolute Gasteiger partial charge is 0.363 e. The normalized spacial score (nSPS) is 25.8. The molecule has 180 valence electrons. The Bertz CT molecular complexity index is 815. The fourth-order valence-corrected chi connectivity index (χ4v) is 4.61. The molecule has 2 atom stereocenters. The van der Waals surface area contributed by atoms with Crippen LogP contribution >= 0.6 is 0 Å². The highest BCUT2D eigenvalue weighted by molar-refractivity contribution is 6.02. The first-order valence-corrected chi connectivity index (χ1v) is 12.1. The zero-order valence-corrected chi connectivity index (χ0v) is 19.3. The predicted octanol–water partition coefficient (Wildman–Crippen LogP) is 0.710. The molecule has 1 aromatic carbocycles. The number of nitrogens with zero attached hydrogens (tertiary/aromatic N) is 4. The lowest BCUT2D eigenvalue weighted by Crippen LogP contribution is -2.46. The number of carbonyl (C=O) groups is 3. The van der Waals surface area contributed by atoms with Crippen molar-refractivity contribution in [2.75, 3.05) is 65.4 Å². The second kappa shape index (κ2) is 11.7. The molecule has 4 rings (SSSR count). The second-order valence-electron chi connectivity index (χ2n) is 9.07. The summed E-state index contributed by atoms with van der Waals surface area (Å²) in [5.41, 5.74) is 1.46. The number of carbonyl (C=O) groups excluding carboxylic acids is 3. The molecule has 1 N–H and O–H groups in total. The van der Waals surface area contributed by atoms with E-state index in [0.29, 0.717) is 10.6 Å². The molecule has 2 unspecified atom stereocenters. The molecule has 9 nitrogen and oxygen atoms in total. The number of amides is 2. The van der Waals surface area contributed by atoms with Crippen LogP contribution in [0.25, 0.3) is 0 Å². The SMILES string of the molecule is O=C(ON1C(=O)CCC1=O)c1ccc(CN2CCCN3CCNCCCN(CC3)CC2)cc1. The van der Waals surface area contributed by atoms with E-state index in [1.165, 1.54) is 6.42 Å². The van der Waals surface area contributed by atoms with E-state index in [9.17, 15) is 14.4 Å². The zero-order valence-electron chi connectivity index (χ0n) is 19.3. The lowest BCUT2D eigenvalue weighted by molar-refractivity contribution is -0.172. The van der Waals surface area contributed by atoms with Crippen molar-refractivity contribution in [3.63, 3.8) is 0 Å². The highest BCUT2D eigenvalue weighted by Gasteiger charge is 2.33. The van der Waals surface area contributed by atoms with Crippen LogP contribution in [0.5, 0.6) is 0 Å². The van der Waals surface area contributed by atoms with E-state index in [1.54, 1.807) is 12.1 Å². The Kier molecular flexibility index (Phi) is 8.44. The molecule has 3 aliphatic heterocycles. The summed E-state index contributed by atoms with van der Waals surface area (Å²) in [6.45, 7) is 11.8. The van der Waals surface area contributed by atoms with Gasteiger partial charge in [0, 0.05) is 58.7 Å². The monoisotopic (exact) mass is 457 g/mol. The number of hydrogen-bond acceptors (Lipinski definition) is 8. The van der Waals surface area contributed by atoms with Gasteiger partial charge in [-0.25, -0.2) is 4.79 Å². The molecule has 0 radical (unpaired) electrons. The van der Waals surface area contributed by atoms with Gasteiger partial charge in [-0.15, -0.1) is 5.06 Å². The predicted molar refractivity (Wildman–Crippen MR) is 123 cm³/mol. The van der Waals surface area contributed by atoms with Gasteiger partial charge in [0.15, 0.2) is 0 Å². The Morgan fingerprint density at radius 1 is 0.788 bits per heavy atom. The van der Waals surface area contributed by atoms with Gasteiger partial charge in [-0.1, -0.05) is 12.1 Å². The molecule has 2 bridgehead atoms. The van der Waals surface area contributed by atoms with Crippen LogP contribution in [0.3, 0.4) is 0 Å². The lowest BCUT2D eigenvalue weighted by Gasteiger charge is -2.34. The summed E-state index contributed by atoms with van der Waals surface area (Å²) in [4.78, 5) is 48.3. The maximum atomic E-state index is 12.3. The smallest absolute Gasteiger partial charge is 0.325 e. The van der Waals surface area contributed by atoms with E-state index >= 15 is 0 Å². The fourth-order valence-electron chi connectivity index (χ4n) is 4.61. The highest BCUT2D eigenvalue weighted by atomic mass is 16.7. The summed E-state index contributed by atoms with van der Waals surface area (Å²) in [7, 11) is 0. The molecule has 3 fully saturated rings. The summed E-state index contributed by atoms with van der Waals surface area (Å²) in [5.74, 6) is -1.62. The number of fused-ring (bicyclic) bond motifs is 3. The van der Waals surface area contributed by atoms with Crippen molar-refractivity contribution in [2.45, 2.75) is 32.2 Å². The van der Waals surface area contributed by atoms with E-state index in [1.807, 2.05) is 12.1 Å². The molecule has 33 heavy (non-hydrogen) atoms. The maximum Gasteiger partial charge on any atom is 0.363 e. The summed E-state index contributed by atoms with van der Waals surface area (Å²) in [6.07, 6.45) is 2.51. The first-order chi connectivity index (χ1) is 16.1. The average Bonchev–Trinajstić information content (AvgIpc) is 3.14. The van der Waals surface area contributed by atoms with E-state index in [-0.39, 0.29) is 12.8 Å². The van der Waals surface area contributed by atoms with Crippen molar-refractivity contribution in [3.8, 4) is 0 Å². The van der Waals surface area contributed by atoms with Gasteiger partial charge in [-0.2, -0.15) is 0 Å². The van der Waals surface area contributed by atoms with Crippen molar-refractivity contribution in [3.05, 3.63) is 35.4 Å². The number of rotatable bonds is 4. The number of imide groups is 1. The van der Waals surface area contributed by atoms with E-state index in [4.69, 9.17) is 4.84 Å². The van der Waals surface area contributed by atoms with Crippen molar-refractivity contribution >= 4 is 17.8 Å². The van der Waals surface area contributed by atoms with Gasteiger partial charge in [0.05, 0.1) is 5.56 Å². The highest BCUT2D eigenvalue weighted by Crippen LogP contribution is 2.15. The quantitative estimate of drug-likeness (QED) is 0.662. The molecule has 9 heteroatoms. The van der Waals surface area contributed by atoms with Gasteiger partial charge < -0.3 is 20.0 Å². The van der Waals surface area contributed by atoms with Gasteiger partial charge in [0.1, 0.15) is 0 Å². The Hall–Kier alpha value is -2.33. The summed E-state index contributed by atoms with van der Waals surface area (Å²) in [6, 6.07) is 7.27. The summed E-state index contributed by atoms with van der Waals surface area (Å²) in [5, 5.41) is 4.14. The third-order valence-corrected chi connectivity index (χ3v) is 6.62. The van der Waals surface area contributed by atoms with E-state index in [0.717, 1.165) is 84.0 Å². The van der Waals surface area contributed by atoms with Crippen LogP contribution in [-0.4, -0.2) is 103 Å². The van der Waals surface area contributed by atoms with Crippen molar-refractivity contribution in [1.82, 2.24) is 25.1 Å². The van der Waals surface area contributed by atoms with Gasteiger partial charge in [-0.05, 0) is 56.7 Å². The molecular weight excluding hydrogens is 422 g/mol. The number of hydrogen-bond donors (Lipinski definition) is 1. The first kappa shape index (κ1) is 23.8. The molecule has 0 spiro atoms. The van der Waals surface area contributed by atoms with E-state index < -0.39 is 17.8 Å². The van der Waals surface area contributed by atoms with Crippen LogP contribution in [0.4, 0.5) is 0 Å². The first-order valence-electron chi connectivity index (χ1n) is 12.1. The van der Waals surface area contributed by atoms with E-state index in [2.05, 4.69) is 20.0 Å². The van der Waals surface area contributed by atoms with Crippen molar-refractivity contribution in [1.29, 1.82) is 0 Å². The minimum absolute atomic E-state index is 0.0902. The molecule has 3 aliphatic rings. The summed E-state index contributed by atoms with van der Waals surface area (Å²) < 4.78 is 0. The van der Waals surface area contributed by atoms with Crippen molar-refractivity contribution in [2.24, 2.45) is 0 Å². The zero-order chi connectivity index (χ0) is 23.0. The van der Waals surface area contributed by atoms with Gasteiger partial charge in [-0.3, -0.25) is 14.5 Å². The number of nitrogens with one attached hydrogen (secondary N) is 1. The van der Waals surface area contributed by atoms with Gasteiger partial charge in [0.2, 0.25) is 0 Å². The molecule has 0 aliphatic carbocycles. The molecule has 3 heterocycles. The molecule has 3 saturated heterocycles. The standard InChI is InChI=1S/C24H35N5O4/c30-22-7-8-23(31)29(22)33-24(32)21-5-3-20(4-6-21)19-28-13-2-12-26-14-10-25-9-1-11-27(16-15-26)17-18-28/h3-6,25H,1-2,7-19H2. The minimum atomic E-state index is -0.684. The lowest BCUT2D eigenvalue weighted by atomic mass is 10.1. The van der Waals surface area contributed by atoms with Crippen LogP contribution in [0.1, 0.15) is 41.6 Å². The number of hydroxylamine groups is 2. The van der Waals surface area contributed by atoms with Gasteiger partial charge in [0.25, 0.3) is 11.8 Å². The third-order valence-electron chi connectivity index (χ3n) is 6.62. The molecular formula is C24H35N5O4. The van der Waals surface area contributed by atoms with Crippen LogP contribution in [-0.2, 0) is 21.0 Å². The number of benzene rings is 1. The maximum absolute atomic E-state index is 12.3. The van der Waals surface area contributed by atoms with Crippen molar-refractivity contribution < 1.29 is 19.2 Å². The Balaban J connectivity index is 1.33. The Labute approximate surface area is 195 Å². The average molecular weight is 458 g/mol. The van der Waals surface area contributed by atoms with Crippen LogP contribution in [0, 0.1) is 0 Å². The molecule has 2 amide bonds. The molecule has 0 saturated carbocycles.